The summed E-state index contributed by atoms with van der Waals surface area (Å²) >= 11 is 14.0. The third-order valence-electron chi connectivity index (χ3n) is 3.03. The summed E-state index contributed by atoms with van der Waals surface area (Å²) in [6.45, 7) is 5.26. The van der Waals surface area contributed by atoms with Crippen molar-refractivity contribution in [3.05, 3.63) is 51.2 Å². The van der Waals surface area contributed by atoms with E-state index in [1.165, 1.54) is 4.88 Å². The summed E-state index contributed by atoms with van der Waals surface area (Å²) in [4.78, 5) is 3.68. The molecule has 0 fully saturated rings. The Balaban J connectivity index is 2.35. The molecule has 4 heteroatoms. The first-order valence-electron chi connectivity index (χ1n) is 6.25. The lowest BCUT2D eigenvalue weighted by Gasteiger charge is -2.30. The van der Waals surface area contributed by atoms with Gasteiger partial charge in [0.1, 0.15) is 0 Å². The maximum Gasteiger partial charge on any atom is 0.0525 e. The minimum atomic E-state index is 0.391. The first-order valence-corrected chi connectivity index (χ1v) is 8.04. The van der Waals surface area contributed by atoms with Gasteiger partial charge in [0, 0.05) is 27.5 Å². The minimum absolute atomic E-state index is 0.391. The molecule has 0 amide bonds. The second-order valence-electron chi connectivity index (χ2n) is 4.71. The first-order chi connectivity index (χ1) is 9.11. The Kier molecular flexibility index (Phi) is 5.14. The molecular weight excluding hydrogens is 297 g/mol. The lowest BCUT2D eigenvalue weighted by atomic mass is 10.1. The molecule has 0 spiro atoms. The molecule has 102 valence electrons. The third kappa shape index (κ3) is 3.65. The van der Waals surface area contributed by atoms with Gasteiger partial charge in [0.05, 0.1) is 6.54 Å². The highest BCUT2D eigenvalue weighted by atomic mass is 35.5. The van der Waals surface area contributed by atoms with Gasteiger partial charge >= 0.3 is 0 Å². The molecule has 1 aromatic heterocycles. The molecule has 0 aliphatic heterocycles. The predicted molar refractivity (Wildman–Crippen MR) is 86.6 cm³/mol. The van der Waals surface area contributed by atoms with Gasteiger partial charge in [-0.3, -0.25) is 0 Å². The molecule has 1 nitrogen and oxygen atoms in total. The van der Waals surface area contributed by atoms with E-state index in [-0.39, 0.29) is 0 Å². The molecule has 2 aromatic rings. The minimum Gasteiger partial charge on any atom is -0.364 e. The molecule has 0 aliphatic carbocycles. The topological polar surface area (TPSA) is 3.24 Å². The van der Waals surface area contributed by atoms with E-state index in [2.05, 4.69) is 36.3 Å². The number of halogens is 2. The predicted octanol–water partition coefficient (Wildman–Crippen LogP) is 5.56. The zero-order valence-corrected chi connectivity index (χ0v) is 13.4. The highest BCUT2D eigenvalue weighted by Gasteiger charge is 2.15. The number of rotatable bonds is 5. The fourth-order valence-electron chi connectivity index (χ4n) is 2.03. The number of alkyl halides is 1. The summed E-state index contributed by atoms with van der Waals surface area (Å²) in [5, 5.41) is 2.86. The molecule has 19 heavy (non-hydrogen) atoms. The van der Waals surface area contributed by atoms with E-state index in [4.69, 9.17) is 23.2 Å². The molecule has 1 heterocycles. The van der Waals surface area contributed by atoms with Crippen LogP contribution in [0.3, 0.4) is 0 Å². The molecule has 0 N–H and O–H groups in total. The summed E-state index contributed by atoms with van der Waals surface area (Å²) in [5.41, 5.74) is 2.25. The summed E-state index contributed by atoms with van der Waals surface area (Å²) in [6.07, 6.45) is 0. The van der Waals surface area contributed by atoms with E-state index in [0.717, 1.165) is 22.8 Å². The van der Waals surface area contributed by atoms with Gasteiger partial charge < -0.3 is 4.90 Å². The van der Waals surface area contributed by atoms with Gasteiger partial charge in [-0.15, -0.1) is 22.9 Å². The Hall–Kier alpha value is -0.700. The Morgan fingerprint density at radius 1 is 1.26 bits per heavy atom. The lowest BCUT2D eigenvalue weighted by molar-refractivity contribution is 0.685. The fourth-order valence-corrected chi connectivity index (χ4v) is 3.13. The number of hydrogen-bond acceptors (Lipinski definition) is 2. The maximum atomic E-state index is 6.14. The SMILES string of the molecule is CC(C)N(Cc1cccs1)c1cc(Cl)ccc1CCl. The fraction of sp³-hybridized carbons (Fsp3) is 0.333. The quantitative estimate of drug-likeness (QED) is 0.654. The van der Waals surface area contributed by atoms with Crippen LogP contribution in [0.1, 0.15) is 24.3 Å². The summed E-state index contributed by atoms with van der Waals surface area (Å²) < 4.78 is 0. The molecule has 0 saturated heterocycles. The molecule has 0 radical (unpaired) electrons. The largest absolute Gasteiger partial charge is 0.364 e. The summed E-state index contributed by atoms with van der Waals surface area (Å²) in [7, 11) is 0. The van der Waals surface area contributed by atoms with Crippen LogP contribution in [0.15, 0.2) is 35.7 Å². The molecule has 1 aromatic carbocycles. The molecule has 0 unspecified atom stereocenters. The van der Waals surface area contributed by atoms with Gasteiger partial charge in [-0.1, -0.05) is 23.7 Å². The van der Waals surface area contributed by atoms with E-state index in [9.17, 15) is 0 Å². The first kappa shape index (κ1) is 14.7. The molecule has 0 bridgehead atoms. The number of anilines is 1. The van der Waals surface area contributed by atoms with Gasteiger partial charge in [0.25, 0.3) is 0 Å². The molecular formula is C15H17Cl2NS. The van der Waals surface area contributed by atoms with Crippen LogP contribution in [0.2, 0.25) is 5.02 Å². The van der Waals surface area contributed by atoms with Crippen LogP contribution in [0.25, 0.3) is 0 Å². The third-order valence-corrected chi connectivity index (χ3v) is 4.41. The van der Waals surface area contributed by atoms with Crippen LogP contribution in [0.4, 0.5) is 5.69 Å². The number of hydrogen-bond donors (Lipinski definition) is 0. The average Bonchev–Trinajstić information content (AvgIpc) is 2.88. The Bertz CT molecular complexity index is 523. The number of benzene rings is 1. The van der Waals surface area contributed by atoms with Crippen molar-refractivity contribution in [1.29, 1.82) is 0 Å². The van der Waals surface area contributed by atoms with E-state index in [1.807, 2.05) is 18.2 Å². The van der Waals surface area contributed by atoms with Gasteiger partial charge in [-0.05, 0) is 43.0 Å². The Labute approximate surface area is 128 Å². The molecule has 0 saturated carbocycles. The van der Waals surface area contributed by atoms with Crippen LogP contribution in [0, 0.1) is 0 Å². The van der Waals surface area contributed by atoms with Crippen molar-refractivity contribution >= 4 is 40.2 Å². The van der Waals surface area contributed by atoms with E-state index in [0.29, 0.717) is 11.9 Å². The average molecular weight is 314 g/mol. The highest BCUT2D eigenvalue weighted by molar-refractivity contribution is 7.09. The maximum absolute atomic E-state index is 6.14. The van der Waals surface area contributed by atoms with Crippen molar-refractivity contribution in [2.75, 3.05) is 4.90 Å². The summed E-state index contributed by atoms with van der Waals surface area (Å²) in [6, 6.07) is 10.5. The standard InChI is InChI=1S/C15H17Cl2NS/c1-11(2)18(10-14-4-3-7-19-14)15-8-13(17)6-5-12(15)9-16/h3-8,11H,9-10H2,1-2H3. The van der Waals surface area contributed by atoms with Gasteiger partial charge in [-0.2, -0.15) is 0 Å². The zero-order valence-electron chi connectivity index (χ0n) is 11.1. The second-order valence-corrected chi connectivity index (χ2v) is 6.44. The molecule has 2 rings (SSSR count). The smallest absolute Gasteiger partial charge is 0.0525 e. The Morgan fingerprint density at radius 3 is 2.63 bits per heavy atom. The van der Waals surface area contributed by atoms with E-state index < -0.39 is 0 Å². The van der Waals surface area contributed by atoms with Crippen molar-refractivity contribution in [3.63, 3.8) is 0 Å². The van der Waals surface area contributed by atoms with Gasteiger partial charge in [0.2, 0.25) is 0 Å². The van der Waals surface area contributed by atoms with E-state index in [1.54, 1.807) is 11.3 Å². The molecule has 0 atom stereocenters. The monoisotopic (exact) mass is 313 g/mol. The van der Waals surface area contributed by atoms with Crippen molar-refractivity contribution in [2.24, 2.45) is 0 Å². The summed E-state index contributed by atoms with van der Waals surface area (Å²) in [5.74, 6) is 0.500. The van der Waals surface area contributed by atoms with E-state index >= 15 is 0 Å². The van der Waals surface area contributed by atoms with Crippen molar-refractivity contribution in [2.45, 2.75) is 32.3 Å². The van der Waals surface area contributed by atoms with Crippen molar-refractivity contribution in [1.82, 2.24) is 0 Å². The van der Waals surface area contributed by atoms with Gasteiger partial charge in [0.15, 0.2) is 0 Å². The number of thiophene rings is 1. The van der Waals surface area contributed by atoms with Crippen LogP contribution < -0.4 is 4.90 Å². The van der Waals surface area contributed by atoms with Crippen LogP contribution >= 0.6 is 34.5 Å². The van der Waals surface area contributed by atoms with Crippen LogP contribution in [-0.2, 0) is 12.4 Å². The van der Waals surface area contributed by atoms with Crippen LogP contribution in [-0.4, -0.2) is 6.04 Å². The number of nitrogens with zero attached hydrogens (tertiary/aromatic N) is 1. The molecule has 0 aliphatic rings. The van der Waals surface area contributed by atoms with Crippen LogP contribution in [0.5, 0.6) is 0 Å². The van der Waals surface area contributed by atoms with Crippen molar-refractivity contribution < 1.29 is 0 Å². The normalized spacial score (nSPS) is 11.0. The van der Waals surface area contributed by atoms with Crippen molar-refractivity contribution in [3.8, 4) is 0 Å². The Morgan fingerprint density at radius 2 is 2.05 bits per heavy atom. The van der Waals surface area contributed by atoms with Gasteiger partial charge in [-0.25, -0.2) is 0 Å². The highest BCUT2D eigenvalue weighted by Crippen LogP contribution is 2.29. The lowest BCUT2D eigenvalue weighted by Crippen LogP contribution is -2.30. The zero-order chi connectivity index (χ0) is 13.8. The second kappa shape index (κ2) is 6.65.